The van der Waals surface area contributed by atoms with Crippen molar-refractivity contribution >= 4 is 11.3 Å². The molecular formula is C12H11F3N2S. The van der Waals surface area contributed by atoms with Crippen molar-refractivity contribution < 1.29 is 13.2 Å². The molecule has 0 aliphatic heterocycles. The van der Waals surface area contributed by atoms with Crippen molar-refractivity contribution in [2.24, 2.45) is 5.73 Å². The van der Waals surface area contributed by atoms with Crippen LogP contribution in [0, 0.1) is 0 Å². The van der Waals surface area contributed by atoms with Gasteiger partial charge in [-0.2, -0.15) is 13.2 Å². The molecule has 6 heteroatoms. The molecule has 96 valence electrons. The Morgan fingerprint density at radius 1 is 1.17 bits per heavy atom. The van der Waals surface area contributed by atoms with E-state index in [-0.39, 0.29) is 0 Å². The second-order valence-corrected chi connectivity index (χ2v) is 5.13. The van der Waals surface area contributed by atoms with E-state index in [2.05, 4.69) is 4.98 Å². The van der Waals surface area contributed by atoms with E-state index in [4.69, 9.17) is 5.73 Å². The Hall–Kier alpha value is -1.40. The maximum absolute atomic E-state index is 12.5. The molecule has 0 aliphatic carbocycles. The van der Waals surface area contributed by atoms with Gasteiger partial charge < -0.3 is 5.73 Å². The van der Waals surface area contributed by atoms with Crippen LogP contribution in [0.25, 0.3) is 0 Å². The molecule has 1 unspecified atom stereocenters. The first-order chi connectivity index (χ1) is 8.32. The summed E-state index contributed by atoms with van der Waals surface area (Å²) in [5.74, 6) is 0. The Morgan fingerprint density at radius 2 is 1.78 bits per heavy atom. The fourth-order valence-electron chi connectivity index (χ4n) is 1.57. The van der Waals surface area contributed by atoms with Crippen LogP contribution in [-0.4, -0.2) is 4.98 Å². The lowest BCUT2D eigenvalue weighted by Gasteiger charge is -2.23. The van der Waals surface area contributed by atoms with Gasteiger partial charge in [0.05, 0.1) is 5.54 Å². The number of nitrogens with zero attached hydrogens (tertiary/aromatic N) is 1. The average Bonchev–Trinajstić information content (AvgIpc) is 2.79. The molecule has 0 bridgehead atoms. The molecule has 2 N–H and O–H groups in total. The van der Waals surface area contributed by atoms with Crippen LogP contribution in [-0.2, 0) is 11.7 Å². The zero-order valence-corrected chi connectivity index (χ0v) is 10.3. The Kier molecular flexibility index (Phi) is 3.16. The van der Waals surface area contributed by atoms with Crippen LogP contribution < -0.4 is 5.73 Å². The van der Waals surface area contributed by atoms with Crippen LogP contribution in [0.4, 0.5) is 13.2 Å². The largest absolute Gasteiger partial charge is 0.443 e. The summed E-state index contributed by atoms with van der Waals surface area (Å²) in [4.78, 5) is 3.78. The molecule has 0 aliphatic rings. The van der Waals surface area contributed by atoms with E-state index in [1.165, 1.54) is 6.20 Å². The minimum absolute atomic E-state index is 0.390. The molecule has 1 atom stereocenters. The minimum Gasteiger partial charge on any atom is -0.317 e. The molecule has 1 heterocycles. The van der Waals surface area contributed by atoms with Gasteiger partial charge in [0, 0.05) is 11.1 Å². The maximum Gasteiger partial charge on any atom is 0.443 e. The van der Waals surface area contributed by atoms with Crippen molar-refractivity contribution in [3.8, 4) is 0 Å². The normalized spacial score (nSPS) is 15.4. The maximum atomic E-state index is 12.5. The molecule has 2 rings (SSSR count). The third-order valence-corrected chi connectivity index (χ3v) is 3.91. The molecule has 0 saturated carbocycles. The first-order valence-corrected chi connectivity index (χ1v) is 6.01. The molecule has 1 aromatic heterocycles. The van der Waals surface area contributed by atoms with Gasteiger partial charge in [0.1, 0.15) is 0 Å². The smallest absolute Gasteiger partial charge is 0.317 e. The van der Waals surface area contributed by atoms with E-state index >= 15 is 0 Å². The number of aromatic nitrogens is 1. The van der Waals surface area contributed by atoms with Gasteiger partial charge in [-0.3, -0.25) is 0 Å². The zero-order valence-electron chi connectivity index (χ0n) is 9.53. The number of halogens is 3. The number of rotatable bonds is 2. The molecule has 1 aromatic carbocycles. The van der Waals surface area contributed by atoms with Gasteiger partial charge >= 0.3 is 6.18 Å². The number of thiazole rings is 1. The molecule has 0 spiro atoms. The van der Waals surface area contributed by atoms with E-state index in [1.54, 1.807) is 31.2 Å². The van der Waals surface area contributed by atoms with Crippen LogP contribution in [0.2, 0.25) is 0 Å². The molecule has 0 radical (unpaired) electrons. The first-order valence-electron chi connectivity index (χ1n) is 5.20. The summed E-state index contributed by atoms with van der Waals surface area (Å²) >= 11 is 0.580. The van der Waals surface area contributed by atoms with Crippen LogP contribution in [0.5, 0.6) is 0 Å². The average molecular weight is 272 g/mol. The molecule has 2 aromatic rings. The summed E-state index contributed by atoms with van der Waals surface area (Å²) in [5, 5.41) is -0.870. The summed E-state index contributed by atoms with van der Waals surface area (Å²) in [6, 6.07) is 8.99. The van der Waals surface area contributed by atoms with E-state index in [1.807, 2.05) is 6.07 Å². The third kappa shape index (κ3) is 2.39. The predicted molar refractivity (Wildman–Crippen MR) is 64.2 cm³/mol. The monoisotopic (exact) mass is 272 g/mol. The summed E-state index contributed by atoms with van der Waals surface area (Å²) in [7, 11) is 0. The Morgan fingerprint density at radius 3 is 2.28 bits per heavy atom. The third-order valence-electron chi connectivity index (χ3n) is 2.63. The van der Waals surface area contributed by atoms with Gasteiger partial charge in [-0.15, -0.1) is 11.3 Å². The number of alkyl halides is 3. The van der Waals surface area contributed by atoms with Gasteiger partial charge in [0.15, 0.2) is 5.01 Å². The Balaban J connectivity index is 2.40. The molecule has 0 saturated heterocycles. The van der Waals surface area contributed by atoms with Crippen molar-refractivity contribution in [3.63, 3.8) is 0 Å². The minimum atomic E-state index is -4.42. The second kappa shape index (κ2) is 4.37. The highest BCUT2D eigenvalue weighted by atomic mass is 32.1. The summed E-state index contributed by atoms with van der Waals surface area (Å²) in [6.45, 7) is 1.68. The predicted octanol–water partition coefficient (Wildman–Crippen LogP) is 3.38. The highest BCUT2D eigenvalue weighted by Crippen LogP contribution is 2.37. The van der Waals surface area contributed by atoms with Gasteiger partial charge in [0.2, 0.25) is 0 Å². The number of hydrogen-bond donors (Lipinski definition) is 1. The molecule has 2 nitrogen and oxygen atoms in total. The molecule has 0 amide bonds. The fourth-order valence-corrected chi connectivity index (χ4v) is 2.44. The molecule has 18 heavy (non-hydrogen) atoms. The van der Waals surface area contributed by atoms with Crippen molar-refractivity contribution in [2.45, 2.75) is 18.6 Å². The lowest BCUT2D eigenvalue weighted by molar-refractivity contribution is -0.137. The van der Waals surface area contributed by atoms with Crippen molar-refractivity contribution in [3.05, 3.63) is 52.0 Å². The Labute approximate surface area is 106 Å². The highest BCUT2D eigenvalue weighted by molar-refractivity contribution is 7.11. The number of hydrogen-bond acceptors (Lipinski definition) is 3. The van der Waals surface area contributed by atoms with Crippen molar-refractivity contribution in [1.82, 2.24) is 4.98 Å². The second-order valence-electron chi connectivity index (χ2n) is 4.10. The lowest BCUT2D eigenvalue weighted by atomic mass is 9.92. The Bertz CT molecular complexity index is 532. The van der Waals surface area contributed by atoms with Crippen molar-refractivity contribution in [2.75, 3.05) is 0 Å². The zero-order chi connectivity index (χ0) is 13.4. The number of nitrogens with two attached hydrogens (primary N) is 1. The van der Waals surface area contributed by atoms with E-state index < -0.39 is 16.7 Å². The molecule has 0 fully saturated rings. The summed E-state index contributed by atoms with van der Waals surface area (Å²) in [5.41, 5.74) is 5.90. The topological polar surface area (TPSA) is 38.9 Å². The molecular weight excluding hydrogens is 261 g/mol. The SMILES string of the molecule is CC(N)(c1ccccc1)c1cnc(C(F)(F)F)s1. The van der Waals surface area contributed by atoms with E-state index in [0.717, 1.165) is 5.56 Å². The summed E-state index contributed by atoms with van der Waals surface area (Å²) in [6.07, 6.45) is -3.23. The van der Waals surface area contributed by atoms with Crippen LogP contribution in [0.15, 0.2) is 36.5 Å². The lowest BCUT2D eigenvalue weighted by Crippen LogP contribution is -2.33. The number of benzene rings is 1. The van der Waals surface area contributed by atoms with E-state index in [9.17, 15) is 13.2 Å². The van der Waals surface area contributed by atoms with Crippen LogP contribution in [0.1, 0.15) is 22.4 Å². The first kappa shape index (κ1) is 13.0. The standard InChI is InChI=1S/C12H11F3N2S/c1-11(16,8-5-3-2-4-6-8)9-7-17-10(18-9)12(13,14)15/h2-7H,16H2,1H3. The van der Waals surface area contributed by atoms with Crippen LogP contribution >= 0.6 is 11.3 Å². The van der Waals surface area contributed by atoms with Gasteiger partial charge in [-0.25, -0.2) is 4.98 Å². The summed E-state index contributed by atoms with van der Waals surface area (Å²) < 4.78 is 37.5. The quantitative estimate of drug-likeness (QED) is 0.910. The van der Waals surface area contributed by atoms with E-state index in [0.29, 0.717) is 16.2 Å². The van der Waals surface area contributed by atoms with Gasteiger partial charge in [0.25, 0.3) is 0 Å². The van der Waals surface area contributed by atoms with Gasteiger partial charge in [-0.05, 0) is 12.5 Å². The van der Waals surface area contributed by atoms with Gasteiger partial charge in [-0.1, -0.05) is 30.3 Å². The van der Waals surface area contributed by atoms with Crippen molar-refractivity contribution in [1.29, 1.82) is 0 Å². The fraction of sp³-hybridized carbons (Fsp3) is 0.250. The van der Waals surface area contributed by atoms with Crippen LogP contribution in [0.3, 0.4) is 0 Å². The highest BCUT2D eigenvalue weighted by Gasteiger charge is 2.37.